The number of benzene rings is 1. The molecule has 6 heteroatoms. The second-order valence-electron chi connectivity index (χ2n) is 3.21. The van der Waals surface area contributed by atoms with Gasteiger partial charge in [-0.05, 0) is 17.7 Å². The smallest absolute Gasteiger partial charge is 0.366 e. The summed E-state index contributed by atoms with van der Waals surface area (Å²) in [7, 11) is 0. The summed E-state index contributed by atoms with van der Waals surface area (Å²) in [6.07, 6.45) is -4.67. The van der Waals surface area contributed by atoms with E-state index in [4.69, 9.17) is 11.0 Å². The molecule has 0 atom stereocenters. The van der Waals surface area contributed by atoms with Gasteiger partial charge >= 0.3 is 6.18 Å². The zero-order valence-electron chi connectivity index (χ0n) is 8.51. The number of nitrogens with zero attached hydrogens (tertiary/aromatic N) is 1. The van der Waals surface area contributed by atoms with Crippen molar-refractivity contribution in [1.82, 2.24) is 0 Å². The van der Waals surface area contributed by atoms with Crippen LogP contribution in [0.3, 0.4) is 0 Å². The number of amides is 1. The topological polar surface area (TPSA) is 66.9 Å². The van der Waals surface area contributed by atoms with E-state index in [1.54, 1.807) is 0 Å². The summed E-state index contributed by atoms with van der Waals surface area (Å²) in [5, 5.41) is 8.56. The Hall–Kier alpha value is -2.29. The Bertz CT molecular complexity index is 526. The van der Waals surface area contributed by atoms with Crippen molar-refractivity contribution in [1.29, 1.82) is 5.26 Å². The van der Waals surface area contributed by atoms with Crippen LogP contribution in [0.25, 0.3) is 5.57 Å². The summed E-state index contributed by atoms with van der Waals surface area (Å²) in [6, 6.07) is 4.29. The molecule has 0 aliphatic heterocycles. The van der Waals surface area contributed by atoms with E-state index in [0.717, 1.165) is 6.07 Å². The van der Waals surface area contributed by atoms with E-state index >= 15 is 0 Å². The van der Waals surface area contributed by atoms with Crippen molar-refractivity contribution in [3.63, 3.8) is 0 Å². The predicted molar refractivity (Wildman–Crippen MR) is 54.4 cm³/mol. The molecule has 0 saturated heterocycles. The Morgan fingerprint density at radius 1 is 1.41 bits per heavy atom. The lowest BCUT2D eigenvalue weighted by Crippen LogP contribution is -2.14. The van der Waals surface area contributed by atoms with Crippen LogP contribution in [0.2, 0.25) is 0 Å². The van der Waals surface area contributed by atoms with Crippen molar-refractivity contribution in [3.05, 3.63) is 41.5 Å². The van der Waals surface area contributed by atoms with Crippen molar-refractivity contribution in [2.24, 2.45) is 5.73 Å². The molecule has 0 aliphatic carbocycles. The maximum atomic E-state index is 12.6. The van der Waals surface area contributed by atoms with Gasteiger partial charge in [0.1, 0.15) is 0 Å². The molecule has 2 N–H and O–H groups in total. The zero-order chi connectivity index (χ0) is 13.2. The first kappa shape index (κ1) is 12.8. The third-order valence-electron chi connectivity index (χ3n) is 2.09. The molecule has 1 rings (SSSR count). The van der Waals surface area contributed by atoms with Gasteiger partial charge in [0.25, 0.3) is 0 Å². The summed E-state index contributed by atoms with van der Waals surface area (Å²) < 4.78 is 37.7. The maximum Gasteiger partial charge on any atom is 0.417 e. The molecule has 3 nitrogen and oxygen atoms in total. The summed E-state index contributed by atoms with van der Waals surface area (Å²) in [4.78, 5) is 10.8. The molecule has 0 radical (unpaired) electrons. The number of nitrogens with two attached hydrogens (primary N) is 1. The van der Waals surface area contributed by atoms with Crippen LogP contribution >= 0.6 is 0 Å². The molecule has 1 aromatic carbocycles. The summed E-state index contributed by atoms with van der Waals surface area (Å²) in [5.41, 5.74) is 3.00. The van der Waals surface area contributed by atoms with Crippen LogP contribution in [0.15, 0.2) is 24.8 Å². The molecule has 0 heterocycles. The van der Waals surface area contributed by atoms with E-state index in [1.807, 2.05) is 0 Å². The molecule has 0 fully saturated rings. The highest BCUT2D eigenvalue weighted by molar-refractivity contribution is 6.17. The third kappa shape index (κ3) is 2.64. The molecule has 0 saturated carbocycles. The molecule has 0 spiro atoms. The Morgan fingerprint density at radius 3 is 2.41 bits per heavy atom. The Morgan fingerprint density at radius 2 is 2.00 bits per heavy atom. The number of halogens is 3. The molecule has 0 aromatic heterocycles. The molecule has 88 valence electrons. The number of alkyl halides is 3. The largest absolute Gasteiger partial charge is 0.417 e. The van der Waals surface area contributed by atoms with Crippen molar-refractivity contribution in [3.8, 4) is 6.07 Å². The fourth-order valence-corrected chi connectivity index (χ4v) is 1.21. The second kappa shape index (κ2) is 4.29. The Balaban J connectivity index is 3.39. The number of carbonyl (C=O) groups excluding carboxylic acids is 1. The van der Waals surface area contributed by atoms with Gasteiger partial charge in [-0.3, -0.25) is 4.79 Å². The Labute approximate surface area is 95.0 Å². The third-order valence-corrected chi connectivity index (χ3v) is 2.09. The lowest BCUT2D eigenvalue weighted by atomic mass is 10.00. The average molecular weight is 240 g/mol. The number of hydrogen-bond acceptors (Lipinski definition) is 2. The van der Waals surface area contributed by atoms with E-state index in [-0.39, 0.29) is 11.1 Å². The first-order chi connectivity index (χ1) is 7.77. The standard InChI is InChI=1S/C11H7F3N2O/c1-6(10(16)17)7-2-3-8(5-15)9(4-7)11(12,13)14/h2-4H,1H2,(H2,16,17). The Kier molecular flexibility index (Phi) is 3.23. The van der Waals surface area contributed by atoms with Crippen LogP contribution in [0.5, 0.6) is 0 Å². The van der Waals surface area contributed by atoms with Crippen molar-refractivity contribution in [2.45, 2.75) is 6.18 Å². The number of hydrogen-bond donors (Lipinski definition) is 1. The highest BCUT2D eigenvalue weighted by Crippen LogP contribution is 2.33. The molecule has 0 unspecified atom stereocenters. The van der Waals surface area contributed by atoms with Crippen LogP contribution in [-0.2, 0) is 11.0 Å². The van der Waals surface area contributed by atoms with Crippen molar-refractivity contribution >= 4 is 11.5 Å². The first-order valence-electron chi connectivity index (χ1n) is 4.37. The molecule has 0 aliphatic rings. The van der Waals surface area contributed by atoms with Crippen LogP contribution < -0.4 is 5.73 Å². The van der Waals surface area contributed by atoms with Gasteiger partial charge in [0, 0.05) is 5.57 Å². The molecular formula is C11H7F3N2O. The van der Waals surface area contributed by atoms with E-state index in [2.05, 4.69) is 6.58 Å². The minimum absolute atomic E-state index is 0.0520. The summed E-state index contributed by atoms with van der Waals surface area (Å²) >= 11 is 0. The van der Waals surface area contributed by atoms with Gasteiger partial charge < -0.3 is 5.73 Å². The highest BCUT2D eigenvalue weighted by atomic mass is 19.4. The molecule has 1 aromatic rings. The SMILES string of the molecule is C=C(C(N)=O)c1ccc(C#N)c(C(F)(F)F)c1. The number of nitriles is 1. The van der Waals surface area contributed by atoms with E-state index < -0.39 is 23.2 Å². The maximum absolute atomic E-state index is 12.6. The minimum atomic E-state index is -4.67. The van der Waals surface area contributed by atoms with Gasteiger partial charge in [-0.1, -0.05) is 12.6 Å². The fourth-order valence-electron chi connectivity index (χ4n) is 1.21. The van der Waals surface area contributed by atoms with Crippen LogP contribution in [-0.4, -0.2) is 5.91 Å². The van der Waals surface area contributed by atoms with Gasteiger partial charge in [-0.2, -0.15) is 18.4 Å². The second-order valence-corrected chi connectivity index (χ2v) is 3.21. The lowest BCUT2D eigenvalue weighted by Gasteiger charge is -2.10. The first-order valence-corrected chi connectivity index (χ1v) is 4.37. The van der Waals surface area contributed by atoms with Gasteiger partial charge in [-0.15, -0.1) is 0 Å². The number of carbonyl (C=O) groups is 1. The fraction of sp³-hybridized carbons (Fsp3) is 0.0909. The normalized spacial score (nSPS) is 10.7. The summed E-state index contributed by atoms with van der Waals surface area (Å²) in [6.45, 7) is 3.28. The molecular weight excluding hydrogens is 233 g/mol. The lowest BCUT2D eigenvalue weighted by molar-refractivity contribution is -0.137. The van der Waals surface area contributed by atoms with Crippen LogP contribution in [0, 0.1) is 11.3 Å². The number of primary amides is 1. The molecule has 1 amide bonds. The summed E-state index contributed by atoms with van der Waals surface area (Å²) in [5.74, 6) is -0.914. The van der Waals surface area contributed by atoms with E-state index in [9.17, 15) is 18.0 Å². The highest BCUT2D eigenvalue weighted by Gasteiger charge is 2.34. The van der Waals surface area contributed by atoms with E-state index in [1.165, 1.54) is 12.1 Å². The van der Waals surface area contributed by atoms with Gasteiger partial charge in [-0.25, -0.2) is 0 Å². The molecule has 17 heavy (non-hydrogen) atoms. The van der Waals surface area contributed by atoms with Crippen molar-refractivity contribution < 1.29 is 18.0 Å². The van der Waals surface area contributed by atoms with Crippen LogP contribution in [0.4, 0.5) is 13.2 Å². The van der Waals surface area contributed by atoms with Gasteiger partial charge in [0.15, 0.2) is 0 Å². The van der Waals surface area contributed by atoms with Gasteiger partial charge in [0.2, 0.25) is 5.91 Å². The predicted octanol–water partition coefficient (Wildman–Crippen LogP) is 2.08. The van der Waals surface area contributed by atoms with Crippen LogP contribution in [0.1, 0.15) is 16.7 Å². The molecule has 0 bridgehead atoms. The van der Waals surface area contributed by atoms with E-state index in [0.29, 0.717) is 6.07 Å². The number of rotatable bonds is 2. The minimum Gasteiger partial charge on any atom is -0.366 e. The monoisotopic (exact) mass is 240 g/mol. The van der Waals surface area contributed by atoms with Gasteiger partial charge in [0.05, 0.1) is 17.2 Å². The van der Waals surface area contributed by atoms with Crippen molar-refractivity contribution in [2.75, 3.05) is 0 Å². The zero-order valence-corrected chi connectivity index (χ0v) is 8.51. The quantitative estimate of drug-likeness (QED) is 0.804. The average Bonchev–Trinajstić information content (AvgIpc) is 2.25.